The Bertz CT molecular complexity index is 832. The second-order valence-corrected chi connectivity index (χ2v) is 7.39. The van der Waals surface area contributed by atoms with Gasteiger partial charge in [-0.3, -0.25) is 9.36 Å². The van der Waals surface area contributed by atoms with Crippen LogP contribution in [0.4, 0.5) is 8.78 Å². The molecule has 0 bridgehead atoms. The largest absolute Gasteiger partial charge is 0.352 e. The minimum absolute atomic E-state index is 0.238. The minimum Gasteiger partial charge on any atom is -0.352 e. The maximum absolute atomic E-state index is 12.8. The molecule has 1 N–H and O–H groups in total. The lowest BCUT2D eigenvalue weighted by Gasteiger charge is -2.26. The first-order valence-corrected chi connectivity index (χ1v) is 9.91. The Morgan fingerprint density at radius 2 is 2.07 bits per heavy atom. The van der Waals surface area contributed by atoms with Crippen molar-refractivity contribution < 1.29 is 13.6 Å². The summed E-state index contributed by atoms with van der Waals surface area (Å²) in [6.07, 6.45) is 12.5. The summed E-state index contributed by atoms with van der Waals surface area (Å²) in [5.74, 6) is 0.0212. The van der Waals surface area contributed by atoms with E-state index in [0.717, 1.165) is 10.1 Å². The Labute approximate surface area is 164 Å². The van der Waals surface area contributed by atoms with Gasteiger partial charge in [0.25, 0.3) is 0 Å². The van der Waals surface area contributed by atoms with Gasteiger partial charge in [0.15, 0.2) is 0 Å². The summed E-state index contributed by atoms with van der Waals surface area (Å²) in [4.78, 5) is 16.0. The maximum Gasteiger partial charge on any atom is 0.319 e. The topological polar surface area (TPSA) is 51.9 Å². The van der Waals surface area contributed by atoms with Crippen LogP contribution in [0.25, 0.3) is 6.08 Å². The Kier molecular flexibility index (Phi) is 6.65. The van der Waals surface area contributed by atoms with E-state index < -0.39 is 6.55 Å². The second kappa shape index (κ2) is 9.17. The minimum atomic E-state index is -2.62. The van der Waals surface area contributed by atoms with Crippen LogP contribution in [0.1, 0.15) is 67.5 Å². The molecule has 1 aliphatic carbocycles. The van der Waals surface area contributed by atoms with Gasteiger partial charge in [-0.1, -0.05) is 19.3 Å². The number of nitrogens with zero attached hydrogens (tertiary/aromatic N) is 3. The van der Waals surface area contributed by atoms with Gasteiger partial charge in [0, 0.05) is 48.9 Å². The zero-order valence-electron chi connectivity index (χ0n) is 16.5. The highest BCUT2D eigenvalue weighted by Crippen LogP contribution is 2.32. The summed E-state index contributed by atoms with van der Waals surface area (Å²) in [6, 6.07) is 2.68. The van der Waals surface area contributed by atoms with Crippen LogP contribution in [0.2, 0.25) is 0 Å². The van der Waals surface area contributed by atoms with E-state index in [1.54, 1.807) is 0 Å². The highest BCUT2D eigenvalue weighted by Gasteiger charge is 2.19. The molecule has 2 heterocycles. The van der Waals surface area contributed by atoms with Gasteiger partial charge in [-0.25, -0.2) is 4.98 Å². The zero-order valence-corrected chi connectivity index (χ0v) is 16.5. The summed E-state index contributed by atoms with van der Waals surface area (Å²) in [6.45, 7) is 1.86. The number of aromatic nitrogens is 3. The van der Waals surface area contributed by atoms with Crippen LogP contribution in [0.5, 0.6) is 0 Å². The van der Waals surface area contributed by atoms with Crippen molar-refractivity contribution >= 4 is 12.0 Å². The molecule has 1 amide bonds. The number of halogens is 2. The molecule has 0 aromatic carbocycles. The summed E-state index contributed by atoms with van der Waals surface area (Å²) in [5.41, 5.74) is 3.46. The zero-order chi connectivity index (χ0) is 20.1. The van der Waals surface area contributed by atoms with E-state index >= 15 is 0 Å². The molecule has 1 aliphatic rings. The molecular formula is C21H28F2N4O. The molecule has 0 unspecified atom stereocenters. The van der Waals surface area contributed by atoms with Gasteiger partial charge in [0.05, 0.1) is 0 Å². The summed E-state index contributed by atoms with van der Waals surface area (Å²) >= 11 is 0. The second-order valence-electron chi connectivity index (χ2n) is 7.39. The molecule has 0 atom stereocenters. The van der Waals surface area contributed by atoms with Gasteiger partial charge in [0.1, 0.15) is 5.82 Å². The molecule has 0 radical (unpaired) electrons. The third kappa shape index (κ3) is 4.69. The normalized spacial score (nSPS) is 15.6. The lowest BCUT2D eigenvalue weighted by atomic mass is 9.95. The Hall–Kier alpha value is -2.44. The lowest BCUT2D eigenvalue weighted by molar-refractivity contribution is -0.116. The van der Waals surface area contributed by atoms with E-state index in [2.05, 4.69) is 34.8 Å². The van der Waals surface area contributed by atoms with E-state index in [-0.39, 0.29) is 24.7 Å². The number of hydrogen-bond acceptors (Lipinski definition) is 2. The van der Waals surface area contributed by atoms with Crippen LogP contribution in [-0.4, -0.2) is 26.6 Å². The maximum atomic E-state index is 12.8. The monoisotopic (exact) mass is 390 g/mol. The molecule has 1 saturated carbocycles. The SMILES string of the molecule is Cc1cc(/C=C/C(=O)NCCc2nccn2C(F)F)c(C)n1C1CCCCC1. The third-order valence-electron chi connectivity index (χ3n) is 5.48. The van der Waals surface area contributed by atoms with E-state index in [0.29, 0.717) is 6.04 Å². The molecule has 3 rings (SSSR count). The van der Waals surface area contributed by atoms with Crippen LogP contribution >= 0.6 is 0 Å². The molecule has 28 heavy (non-hydrogen) atoms. The average molecular weight is 390 g/mol. The lowest BCUT2D eigenvalue weighted by Crippen LogP contribution is -2.24. The van der Waals surface area contributed by atoms with Crippen molar-refractivity contribution in [3.8, 4) is 0 Å². The quantitative estimate of drug-likeness (QED) is 0.704. The Balaban J connectivity index is 1.56. The number of aryl methyl sites for hydroxylation is 1. The number of rotatable bonds is 7. The van der Waals surface area contributed by atoms with E-state index in [9.17, 15) is 13.6 Å². The highest BCUT2D eigenvalue weighted by atomic mass is 19.3. The summed E-state index contributed by atoms with van der Waals surface area (Å²) < 4.78 is 28.8. The highest BCUT2D eigenvalue weighted by molar-refractivity contribution is 5.91. The van der Waals surface area contributed by atoms with E-state index in [4.69, 9.17) is 0 Å². The smallest absolute Gasteiger partial charge is 0.319 e. The average Bonchev–Trinajstić information content (AvgIpc) is 3.25. The van der Waals surface area contributed by atoms with Crippen LogP contribution in [0.15, 0.2) is 24.5 Å². The van der Waals surface area contributed by atoms with Crippen molar-refractivity contribution in [2.45, 2.75) is 65.0 Å². The van der Waals surface area contributed by atoms with Crippen molar-refractivity contribution in [2.75, 3.05) is 6.54 Å². The fraction of sp³-hybridized carbons (Fsp3) is 0.524. The van der Waals surface area contributed by atoms with Crippen molar-refractivity contribution in [1.82, 2.24) is 19.4 Å². The Morgan fingerprint density at radius 1 is 1.32 bits per heavy atom. The molecule has 5 nitrogen and oxygen atoms in total. The molecular weight excluding hydrogens is 362 g/mol. The standard InChI is InChI=1S/C21H28F2N4O/c1-15-14-17(16(2)27(15)18-6-4-3-5-7-18)8-9-20(28)25-11-10-19-24-12-13-26(19)21(22)23/h8-9,12-14,18,21H,3-7,10-11H2,1-2H3,(H,25,28)/b9-8+. The van der Waals surface area contributed by atoms with Gasteiger partial charge in [0.2, 0.25) is 5.91 Å². The summed E-state index contributed by atoms with van der Waals surface area (Å²) in [7, 11) is 0. The Morgan fingerprint density at radius 3 is 2.79 bits per heavy atom. The molecule has 152 valence electrons. The van der Waals surface area contributed by atoms with Gasteiger partial charge < -0.3 is 9.88 Å². The fourth-order valence-corrected chi connectivity index (χ4v) is 4.11. The number of carbonyl (C=O) groups excluding carboxylic acids is 1. The number of imidazole rings is 1. The number of carbonyl (C=O) groups is 1. The molecule has 0 saturated heterocycles. The van der Waals surface area contributed by atoms with Crippen molar-refractivity contribution in [2.24, 2.45) is 0 Å². The van der Waals surface area contributed by atoms with Gasteiger partial charge >= 0.3 is 6.55 Å². The number of alkyl halides is 2. The fourth-order valence-electron chi connectivity index (χ4n) is 4.11. The third-order valence-corrected chi connectivity index (χ3v) is 5.48. The number of amides is 1. The van der Waals surface area contributed by atoms with Crippen LogP contribution < -0.4 is 5.32 Å². The molecule has 2 aromatic heterocycles. The van der Waals surface area contributed by atoms with E-state index in [1.807, 2.05) is 6.08 Å². The van der Waals surface area contributed by atoms with Gasteiger partial charge in [-0.2, -0.15) is 8.78 Å². The summed E-state index contributed by atoms with van der Waals surface area (Å²) in [5, 5.41) is 2.73. The van der Waals surface area contributed by atoms with Gasteiger partial charge in [-0.05, 0) is 44.4 Å². The van der Waals surface area contributed by atoms with Gasteiger partial charge in [-0.15, -0.1) is 0 Å². The first-order chi connectivity index (χ1) is 13.5. The predicted octanol–water partition coefficient (Wildman–Crippen LogP) is 4.57. The van der Waals surface area contributed by atoms with Crippen LogP contribution in [0, 0.1) is 13.8 Å². The van der Waals surface area contributed by atoms with Crippen LogP contribution in [-0.2, 0) is 11.2 Å². The molecule has 7 heteroatoms. The first-order valence-electron chi connectivity index (χ1n) is 9.91. The number of hydrogen-bond donors (Lipinski definition) is 1. The van der Waals surface area contributed by atoms with E-state index in [1.165, 1.54) is 62.0 Å². The molecule has 2 aromatic rings. The van der Waals surface area contributed by atoms with Crippen molar-refractivity contribution in [1.29, 1.82) is 0 Å². The molecule has 0 spiro atoms. The number of nitrogens with one attached hydrogen (secondary N) is 1. The molecule has 0 aliphatic heterocycles. The van der Waals surface area contributed by atoms with Crippen LogP contribution in [0.3, 0.4) is 0 Å². The van der Waals surface area contributed by atoms with Crippen molar-refractivity contribution in [3.05, 3.63) is 47.3 Å². The van der Waals surface area contributed by atoms with Crippen molar-refractivity contribution in [3.63, 3.8) is 0 Å². The first kappa shape index (κ1) is 20.3. The molecule has 1 fully saturated rings. The predicted molar refractivity (Wildman–Crippen MR) is 105 cm³/mol.